The first-order chi connectivity index (χ1) is 7.09. The minimum absolute atomic E-state index is 0.0707. The Labute approximate surface area is 89.4 Å². The number of hydrogen-bond acceptors (Lipinski definition) is 2. The maximum absolute atomic E-state index is 13.0. The largest absolute Gasteiger partial charge is 0.368 e. The van der Waals surface area contributed by atoms with E-state index < -0.39 is 0 Å². The average Bonchev–Trinajstić information content (AvgIpc) is 2.17. The molecule has 82 valence electrons. The van der Waals surface area contributed by atoms with Crippen LogP contribution < -0.4 is 5.32 Å². The first-order valence-electron chi connectivity index (χ1n) is 5.19. The molecular formula is C12H16FNO. The Morgan fingerprint density at radius 2 is 2.20 bits per heavy atom. The Hall–Kier alpha value is -0.930. The Morgan fingerprint density at radius 1 is 1.47 bits per heavy atom. The molecule has 0 bridgehead atoms. The van der Waals surface area contributed by atoms with Gasteiger partial charge in [0.1, 0.15) is 5.82 Å². The lowest BCUT2D eigenvalue weighted by Crippen LogP contribution is -2.58. The van der Waals surface area contributed by atoms with Gasteiger partial charge in [-0.25, -0.2) is 4.39 Å². The number of ether oxygens (including phenoxy) is 1. The summed E-state index contributed by atoms with van der Waals surface area (Å²) in [5.74, 6) is -0.198. The molecule has 0 unspecified atom stereocenters. The molecule has 1 aromatic carbocycles. The summed E-state index contributed by atoms with van der Waals surface area (Å²) in [5, 5.41) is 3.16. The zero-order chi connectivity index (χ0) is 10.9. The molecule has 1 aliphatic rings. The maximum Gasteiger partial charge on any atom is 0.123 e. The zero-order valence-corrected chi connectivity index (χ0v) is 9.14. The number of nitrogens with one attached hydrogen (secondary N) is 1. The summed E-state index contributed by atoms with van der Waals surface area (Å²) in [6.07, 6.45) is 0. The van der Waals surface area contributed by atoms with Crippen LogP contribution in [0.1, 0.15) is 18.1 Å². The van der Waals surface area contributed by atoms with Crippen molar-refractivity contribution >= 4 is 0 Å². The van der Waals surface area contributed by atoms with E-state index in [1.165, 1.54) is 6.07 Å². The van der Waals surface area contributed by atoms with Crippen molar-refractivity contribution in [2.45, 2.75) is 26.1 Å². The van der Waals surface area contributed by atoms with Crippen LogP contribution in [0.5, 0.6) is 0 Å². The fraction of sp³-hybridized carbons (Fsp3) is 0.500. The van der Waals surface area contributed by atoms with Crippen LogP contribution in [0.3, 0.4) is 0 Å². The smallest absolute Gasteiger partial charge is 0.123 e. The van der Waals surface area contributed by atoms with Gasteiger partial charge in [-0.3, -0.25) is 0 Å². The fourth-order valence-corrected chi connectivity index (χ4v) is 1.63. The SMILES string of the molecule is Cc1ccc(F)cc1COC1(C)CNC1. The monoisotopic (exact) mass is 209 g/mol. The van der Waals surface area contributed by atoms with Gasteiger partial charge < -0.3 is 10.1 Å². The predicted molar refractivity (Wildman–Crippen MR) is 57.2 cm³/mol. The average molecular weight is 209 g/mol. The van der Waals surface area contributed by atoms with E-state index in [9.17, 15) is 4.39 Å². The summed E-state index contributed by atoms with van der Waals surface area (Å²) >= 11 is 0. The lowest BCUT2D eigenvalue weighted by Gasteiger charge is -2.39. The van der Waals surface area contributed by atoms with Crippen LogP contribution in [0.4, 0.5) is 4.39 Å². The van der Waals surface area contributed by atoms with Crippen LogP contribution in [-0.2, 0) is 11.3 Å². The summed E-state index contributed by atoms with van der Waals surface area (Å²) in [6, 6.07) is 4.81. The van der Waals surface area contributed by atoms with Crippen molar-refractivity contribution in [1.29, 1.82) is 0 Å². The van der Waals surface area contributed by atoms with E-state index in [1.807, 2.05) is 6.92 Å². The van der Waals surface area contributed by atoms with Crippen molar-refractivity contribution in [3.05, 3.63) is 35.1 Å². The molecule has 1 aromatic rings. The minimum atomic E-state index is -0.198. The molecule has 2 nitrogen and oxygen atoms in total. The van der Waals surface area contributed by atoms with Crippen LogP contribution in [-0.4, -0.2) is 18.7 Å². The molecule has 0 aliphatic carbocycles. The number of halogens is 1. The highest BCUT2D eigenvalue weighted by Gasteiger charge is 2.32. The van der Waals surface area contributed by atoms with E-state index in [2.05, 4.69) is 12.2 Å². The van der Waals surface area contributed by atoms with Gasteiger partial charge in [0.2, 0.25) is 0 Å². The van der Waals surface area contributed by atoms with Gasteiger partial charge in [0.15, 0.2) is 0 Å². The summed E-state index contributed by atoms with van der Waals surface area (Å²) in [6.45, 7) is 6.28. The normalized spacial score (nSPS) is 18.6. The molecule has 1 N–H and O–H groups in total. The molecule has 0 saturated carbocycles. The number of hydrogen-bond donors (Lipinski definition) is 1. The summed E-state index contributed by atoms with van der Waals surface area (Å²) in [7, 11) is 0. The van der Waals surface area contributed by atoms with Crippen LogP contribution in [0.25, 0.3) is 0 Å². The predicted octanol–water partition coefficient (Wildman–Crippen LogP) is 2.01. The van der Waals surface area contributed by atoms with Crippen LogP contribution in [0.15, 0.2) is 18.2 Å². The molecule has 1 aliphatic heterocycles. The third-order valence-electron chi connectivity index (χ3n) is 2.89. The number of benzene rings is 1. The van der Waals surface area contributed by atoms with Gasteiger partial charge in [-0.05, 0) is 37.1 Å². The topological polar surface area (TPSA) is 21.3 Å². The second kappa shape index (κ2) is 3.91. The van der Waals surface area contributed by atoms with E-state index in [-0.39, 0.29) is 11.4 Å². The molecule has 2 rings (SSSR count). The highest BCUT2D eigenvalue weighted by atomic mass is 19.1. The third kappa shape index (κ3) is 2.36. The molecule has 0 atom stereocenters. The molecule has 0 amide bonds. The minimum Gasteiger partial charge on any atom is -0.368 e. The highest BCUT2D eigenvalue weighted by molar-refractivity contribution is 5.25. The molecular weight excluding hydrogens is 193 g/mol. The van der Waals surface area contributed by atoms with Gasteiger partial charge in [0.25, 0.3) is 0 Å². The van der Waals surface area contributed by atoms with E-state index in [4.69, 9.17) is 4.74 Å². The van der Waals surface area contributed by atoms with E-state index in [1.54, 1.807) is 12.1 Å². The summed E-state index contributed by atoms with van der Waals surface area (Å²) in [5.41, 5.74) is 1.94. The first kappa shape index (κ1) is 10.6. The molecule has 1 heterocycles. The lowest BCUT2D eigenvalue weighted by atomic mass is 10.00. The lowest BCUT2D eigenvalue weighted by molar-refractivity contribution is -0.0769. The van der Waals surface area contributed by atoms with E-state index in [0.29, 0.717) is 6.61 Å². The van der Waals surface area contributed by atoms with Crippen molar-refractivity contribution in [1.82, 2.24) is 5.32 Å². The molecule has 3 heteroatoms. The molecule has 0 aromatic heterocycles. The first-order valence-corrected chi connectivity index (χ1v) is 5.19. The van der Waals surface area contributed by atoms with Gasteiger partial charge in [0, 0.05) is 13.1 Å². The second-order valence-electron chi connectivity index (χ2n) is 4.41. The van der Waals surface area contributed by atoms with Crippen LogP contribution >= 0.6 is 0 Å². The van der Waals surface area contributed by atoms with Crippen LogP contribution in [0.2, 0.25) is 0 Å². The molecule has 0 spiro atoms. The third-order valence-corrected chi connectivity index (χ3v) is 2.89. The second-order valence-corrected chi connectivity index (χ2v) is 4.41. The van der Waals surface area contributed by atoms with Crippen molar-refractivity contribution < 1.29 is 9.13 Å². The highest BCUT2D eigenvalue weighted by Crippen LogP contribution is 2.19. The van der Waals surface area contributed by atoms with Gasteiger partial charge in [-0.1, -0.05) is 6.07 Å². The van der Waals surface area contributed by atoms with Crippen molar-refractivity contribution in [2.24, 2.45) is 0 Å². The van der Waals surface area contributed by atoms with Gasteiger partial charge in [-0.15, -0.1) is 0 Å². The standard InChI is InChI=1S/C12H16FNO/c1-9-3-4-11(13)5-10(9)6-15-12(2)7-14-8-12/h3-5,14H,6-8H2,1-2H3. The van der Waals surface area contributed by atoms with Crippen molar-refractivity contribution in [2.75, 3.05) is 13.1 Å². The van der Waals surface area contributed by atoms with Gasteiger partial charge in [-0.2, -0.15) is 0 Å². The van der Waals surface area contributed by atoms with Crippen molar-refractivity contribution in [3.8, 4) is 0 Å². The number of rotatable bonds is 3. The van der Waals surface area contributed by atoms with Gasteiger partial charge in [0.05, 0.1) is 12.2 Å². The van der Waals surface area contributed by atoms with E-state index in [0.717, 1.165) is 24.2 Å². The Kier molecular flexibility index (Phi) is 2.76. The van der Waals surface area contributed by atoms with E-state index >= 15 is 0 Å². The van der Waals surface area contributed by atoms with Gasteiger partial charge >= 0.3 is 0 Å². The summed E-state index contributed by atoms with van der Waals surface area (Å²) in [4.78, 5) is 0. The zero-order valence-electron chi connectivity index (χ0n) is 9.14. The number of aryl methyl sites for hydroxylation is 1. The Balaban J connectivity index is 2.01. The Bertz CT molecular complexity index is 361. The summed E-state index contributed by atoms with van der Waals surface area (Å²) < 4.78 is 18.8. The maximum atomic E-state index is 13.0. The fourth-order valence-electron chi connectivity index (χ4n) is 1.63. The van der Waals surface area contributed by atoms with Crippen LogP contribution in [0, 0.1) is 12.7 Å². The molecule has 15 heavy (non-hydrogen) atoms. The molecule has 1 saturated heterocycles. The van der Waals surface area contributed by atoms with Crippen molar-refractivity contribution in [3.63, 3.8) is 0 Å². The molecule has 1 fully saturated rings. The quantitative estimate of drug-likeness (QED) is 0.822. The Morgan fingerprint density at radius 3 is 2.80 bits per heavy atom. The molecule has 0 radical (unpaired) electrons.